The van der Waals surface area contributed by atoms with Gasteiger partial charge in [-0.1, -0.05) is 67.6 Å². The molecule has 1 saturated heterocycles. The van der Waals surface area contributed by atoms with Gasteiger partial charge in [-0.3, -0.25) is 9.59 Å². The Hall–Kier alpha value is -3.15. The number of likely N-dealkylation sites (tertiary alicyclic amines) is 1. The van der Waals surface area contributed by atoms with Crippen molar-refractivity contribution in [2.45, 2.75) is 44.7 Å². The number of aliphatic carboxylic acids is 1. The standard InChI is InChI=1S/C24H28N2O4/c1-17(15-18-9-4-2-5-10-18)22(27)25-20(16-19-11-6-3-7-12-19)23(28)26-14-8-13-21(26)24(29)30/h2-7,9-12,17,20-21H,8,13-16H2,1H3,(H,25,27)(H,29,30)/t17-,20-,21-/m1/s1. The number of rotatable bonds is 8. The Morgan fingerprint density at radius 2 is 1.57 bits per heavy atom. The average Bonchev–Trinajstić information content (AvgIpc) is 3.24. The predicted octanol–water partition coefficient (Wildman–Crippen LogP) is 2.67. The highest BCUT2D eigenvalue weighted by molar-refractivity contribution is 5.91. The van der Waals surface area contributed by atoms with E-state index in [-0.39, 0.29) is 17.7 Å². The van der Waals surface area contributed by atoms with Crippen LogP contribution in [0.2, 0.25) is 0 Å². The van der Waals surface area contributed by atoms with Gasteiger partial charge in [-0.2, -0.15) is 0 Å². The minimum atomic E-state index is -0.997. The highest BCUT2D eigenvalue weighted by atomic mass is 16.4. The lowest BCUT2D eigenvalue weighted by atomic mass is 9.98. The quantitative estimate of drug-likeness (QED) is 0.703. The van der Waals surface area contributed by atoms with Gasteiger partial charge in [-0.05, 0) is 30.4 Å². The number of nitrogens with one attached hydrogen (secondary N) is 1. The van der Waals surface area contributed by atoms with E-state index >= 15 is 0 Å². The molecule has 158 valence electrons. The number of carboxylic acid groups (broad SMARTS) is 1. The Kier molecular flexibility index (Phi) is 7.22. The van der Waals surface area contributed by atoms with E-state index in [4.69, 9.17) is 0 Å². The van der Waals surface area contributed by atoms with E-state index in [2.05, 4.69) is 5.32 Å². The molecule has 0 unspecified atom stereocenters. The zero-order chi connectivity index (χ0) is 21.5. The lowest BCUT2D eigenvalue weighted by molar-refractivity contribution is -0.149. The fraction of sp³-hybridized carbons (Fsp3) is 0.375. The van der Waals surface area contributed by atoms with Crippen LogP contribution in [0.15, 0.2) is 60.7 Å². The van der Waals surface area contributed by atoms with Crippen LogP contribution in [0.3, 0.4) is 0 Å². The molecule has 6 heteroatoms. The van der Waals surface area contributed by atoms with E-state index in [1.165, 1.54) is 4.90 Å². The zero-order valence-electron chi connectivity index (χ0n) is 17.2. The van der Waals surface area contributed by atoms with Crippen LogP contribution in [0.1, 0.15) is 30.9 Å². The molecule has 0 saturated carbocycles. The molecular formula is C24H28N2O4. The highest BCUT2D eigenvalue weighted by Crippen LogP contribution is 2.20. The van der Waals surface area contributed by atoms with Crippen molar-refractivity contribution in [3.63, 3.8) is 0 Å². The summed E-state index contributed by atoms with van der Waals surface area (Å²) in [4.78, 5) is 39.1. The number of carbonyl (C=O) groups is 3. The van der Waals surface area contributed by atoms with E-state index in [0.29, 0.717) is 32.2 Å². The summed E-state index contributed by atoms with van der Waals surface area (Å²) in [6.07, 6.45) is 1.99. The van der Waals surface area contributed by atoms with Gasteiger partial charge in [0.25, 0.3) is 0 Å². The first-order valence-electron chi connectivity index (χ1n) is 10.4. The van der Waals surface area contributed by atoms with Crippen molar-refractivity contribution < 1.29 is 19.5 Å². The van der Waals surface area contributed by atoms with Gasteiger partial charge in [0.1, 0.15) is 12.1 Å². The van der Waals surface area contributed by atoms with Gasteiger partial charge in [-0.25, -0.2) is 4.79 Å². The van der Waals surface area contributed by atoms with Crippen LogP contribution in [0.4, 0.5) is 0 Å². The molecule has 30 heavy (non-hydrogen) atoms. The summed E-state index contributed by atoms with van der Waals surface area (Å²) in [5.74, 6) is -1.85. The second kappa shape index (κ2) is 10.1. The van der Waals surface area contributed by atoms with Gasteiger partial charge in [-0.15, -0.1) is 0 Å². The monoisotopic (exact) mass is 408 g/mol. The van der Waals surface area contributed by atoms with Crippen LogP contribution in [0, 0.1) is 5.92 Å². The first kappa shape index (κ1) is 21.6. The van der Waals surface area contributed by atoms with Crippen molar-refractivity contribution in [1.29, 1.82) is 0 Å². The molecule has 2 N–H and O–H groups in total. The molecule has 6 nitrogen and oxygen atoms in total. The minimum absolute atomic E-state index is 0.209. The Labute approximate surface area is 176 Å². The number of hydrogen-bond acceptors (Lipinski definition) is 3. The van der Waals surface area contributed by atoms with Gasteiger partial charge in [0, 0.05) is 18.9 Å². The van der Waals surface area contributed by atoms with Gasteiger partial charge >= 0.3 is 5.97 Å². The lowest BCUT2D eigenvalue weighted by Crippen LogP contribution is -2.53. The Morgan fingerprint density at radius 3 is 2.13 bits per heavy atom. The first-order valence-corrected chi connectivity index (χ1v) is 10.4. The van der Waals surface area contributed by atoms with Crippen LogP contribution in [-0.4, -0.2) is 46.4 Å². The van der Waals surface area contributed by atoms with E-state index < -0.39 is 18.1 Å². The van der Waals surface area contributed by atoms with Crippen molar-refractivity contribution in [2.75, 3.05) is 6.54 Å². The third-order valence-corrected chi connectivity index (χ3v) is 5.55. The highest BCUT2D eigenvalue weighted by Gasteiger charge is 2.37. The fourth-order valence-corrected chi connectivity index (χ4v) is 3.91. The van der Waals surface area contributed by atoms with Crippen LogP contribution in [-0.2, 0) is 27.2 Å². The normalized spacial score (nSPS) is 17.9. The maximum atomic E-state index is 13.2. The SMILES string of the molecule is C[C@H](Cc1ccccc1)C(=O)N[C@H](Cc1ccccc1)C(=O)N1CCC[C@@H]1C(=O)O. The van der Waals surface area contributed by atoms with E-state index in [1.54, 1.807) is 0 Å². The maximum absolute atomic E-state index is 13.2. The molecule has 2 aromatic carbocycles. The zero-order valence-corrected chi connectivity index (χ0v) is 17.2. The van der Waals surface area contributed by atoms with E-state index in [1.807, 2.05) is 67.6 Å². The maximum Gasteiger partial charge on any atom is 0.326 e. The molecule has 1 fully saturated rings. The second-order valence-corrected chi connectivity index (χ2v) is 7.87. The van der Waals surface area contributed by atoms with Crippen LogP contribution >= 0.6 is 0 Å². The van der Waals surface area contributed by atoms with Gasteiger partial charge in [0.15, 0.2) is 0 Å². The second-order valence-electron chi connectivity index (χ2n) is 7.87. The third-order valence-electron chi connectivity index (χ3n) is 5.55. The third kappa shape index (κ3) is 5.47. The summed E-state index contributed by atoms with van der Waals surface area (Å²) in [7, 11) is 0. The number of nitrogens with zero attached hydrogens (tertiary/aromatic N) is 1. The van der Waals surface area contributed by atoms with Crippen molar-refractivity contribution >= 4 is 17.8 Å². The molecule has 3 atom stereocenters. The molecule has 0 aromatic heterocycles. The molecule has 0 aliphatic carbocycles. The molecule has 2 amide bonds. The summed E-state index contributed by atoms with van der Waals surface area (Å²) in [5.41, 5.74) is 1.97. The largest absolute Gasteiger partial charge is 0.480 e. The summed E-state index contributed by atoms with van der Waals surface area (Å²) >= 11 is 0. The average molecular weight is 408 g/mol. The lowest BCUT2D eigenvalue weighted by Gasteiger charge is -2.28. The molecule has 1 aliphatic rings. The Balaban J connectivity index is 1.74. The van der Waals surface area contributed by atoms with Crippen molar-refractivity contribution in [3.8, 4) is 0 Å². The van der Waals surface area contributed by atoms with Crippen LogP contribution in [0.25, 0.3) is 0 Å². The molecule has 1 aliphatic heterocycles. The van der Waals surface area contributed by atoms with Crippen molar-refractivity contribution in [1.82, 2.24) is 10.2 Å². The van der Waals surface area contributed by atoms with Crippen LogP contribution < -0.4 is 5.32 Å². The van der Waals surface area contributed by atoms with Gasteiger partial charge in [0.2, 0.25) is 11.8 Å². The summed E-state index contributed by atoms with van der Waals surface area (Å²) < 4.78 is 0. The van der Waals surface area contributed by atoms with E-state index in [9.17, 15) is 19.5 Å². The van der Waals surface area contributed by atoms with Crippen molar-refractivity contribution in [3.05, 3.63) is 71.8 Å². The molecule has 0 radical (unpaired) electrons. The topological polar surface area (TPSA) is 86.7 Å². The molecular weight excluding hydrogens is 380 g/mol. The summed E-state index contributed by atoms with van der Waals surface area (Å²) in [6.45, 7) is 2.23. The Morgan fingerprint density at radius 1 is 1.00 bits per heavy atom. The smallest absolute Gasteiger partial charge is 0.326 e. The number of amides is 2. The molecule has 3 rings (SSSR count). The fourth-order valence-electron chi connectivity index (χ4n) is 3.91. The minimum Gasteiger partial charge on any atom is -0.480 e. The van der Waals surface area contributed by atoms with E-state index in [0.717, 1.165) is 11.1 Å². The number of carbonyl (C=O) groups excluding carboxylic acids is 2. The number of carboxylic acids is 1. The molecule has 0 spiro atoms. The molecule has 1 heterocycles. The van der Waals surface area contributed by atoms with Gasteiger partial charge < -0.3 is 15.3 Å². The van der Waals surface area contributed by atoms with Gasteiger partial charge in [0.05, 0.1) is 0 Å². The Bertz CT molecular complexity index is 869. The number of hydrogen-bond donors (Lipinski definition) is 2. The summed E-state index contributed by atoms with van der Waals surface area (Å²) in [6, 6.07) is 17.6. The molecule has 2 aromatic rings. The predicted molar refractivity (Wildman–Crippen MR) is 114 cm³/mol. The number of benzene rings is 2. The summed E-state index contributed by atoms with van der Waals surface area (Å²) in [5, 5.41) is 12.4. The molecule has 0 bridgehead atoms. The first-order chi connectivity index (χ1) is 14.5. The van der Waals surface area contributed by atoms with Crippen LogP contribution in [0.5, 0.6) is 0 Å². The van der Waals surface area contributed by atoms with Crippen molar-refractivity contribution in [2.24, 2.45) is 5.92 Å².